The molecule has 1 aliphatic heterocycles. The molecule has 0 bridgehead atoms. The Morgan fingerprint density at radius 1 is 1.10 bits per heavy atom. The van der Waals surface area contributed by atoms with Crippen LogP contribution >= 0.6 is 0 Å². The number of rotatable bonds is 4. The van der Waals surface area contributed by atoms with Gasteiger partial charge in [-0.15, -0.1) is 0 Å². The Hall–Kier alpha value is -3.80. The number of nitrogens with zero attached hydrogens (tertiary/aromatic N) is 1. The molecule has 0 saturated heterocycles. The Morgan fingerprint density at radius 3 is 2.71 bits per heavy atom. The highest BCUT2D eigenvalue weighted by Gasteiger charge is 2.18. The SMILES string of the molecule is CC.COc1ccc2c3c([nH]c2c1)C(/C=C/c1c[nH]c2ccc(C(=O)O)cc12)=NCC3. The van der Waals surface area contributed by atoms with Gasteiger partial charge >= 0.3 is 5.97 Å². The molecule has 0 unspecified atom stereocenters. The summed E-state index contributed by atoms with van der Waals surface area (Å²) in [6, 6.07) is 11.1. The highest BCUT2D eigenvalue weighted by Crippen LogP contribution is 2.30. The number of allylic oxidation sites excluding steroid dienone is 1. The van der Waals surface area contributed by atoms with Gasteiger partial charge in [-0.2, -0.15) is 0 Å². The molecule has 0 aliphatic carbocycles. The number of aromatic amines is 2. The number of carbonyl (C=O) groups is 1. The summed E-state index contributed by atoms with van der Waals surface area (Å²) in [5.74, 6) is -0.115. The van der Waals surface area contributed by atoms with E-state index in [0.717, 1.165) is 52.1 Å². The Morgan fingerprint density at radius 2 is 1.94 bits per heavy atom. The predicted octanol–water partition coefficient (Wildman–Crippen LogP) is 5.44. The van der Waals surface area contributed by atoms with Crippen LogP contribution < -0.4 is 4.74 Å². The molecule has 2 aromatic carbocycles. The van der Waals surface area contributed by atoms with E-state index in [-0.39, 0.29) is 5.56 Å². The second-order valence-electron chi connectivity index (χ2n) is 7.05. The number of hydrogen-bond donors (Lipinski definition) is 3. The number of ether oxygens (including phenoxy) is 1. The molecule has 1 aliphatic rings. The first-order chi connectivity index (χ1) is 15.1. The summed E-state index contributed by atoms with van der Waals surface area (Å²) in [5, 5.41) is 11.3. The molecule has 6 nitrogen and oxygen atoms in total. The molecular weight excluding hydrogens is 390 g/mol. The lowest BCUT2D eigenvalue weighted by atomic mass is 10.0. The molecule has 0 amide bonds. The molecule has 0 saturated carbocycles. The maximum Gasteiger partial charge on any atom is 0.335 e. The van der Waals surface area contributed by atoms with Crippen molar-refractivity contribution in [2.75, 3.05) is 13.7 Å². The minimum absolute atomic E-state index is 0.272. The third-order valence-corrected chi connectivity index (χ3v) is 5.39. The topological polar surface area (TPSA) is 90.5 Å². The van der Waals surface area contributed by atoms with Crippen molar-refractivity contribution in [2.24, 2.45) is 4.99 Å². The Kier molecular flexibility index (Phi) is 5.62. The molecule has 4 aromatic rings. The smallest absolute Gasteiger partial charge is 0.335 e. The number of aliphatic imine (C=N–C) groups is 1. The number of aromatic carboxylic acids is 1. The quantitative estimate of drug-likeness (QED) is 0.414. The first kappa shape index (κ1) is 20.5. The van der Waals surface area contributed by atoms with Crippen molar-refractivity contribution in [1.29, 1.82) is 0 Å². The summed E-state index contributed by atoms with van der Waals surface area (Å²) < 4.78 is 5.34. The zero-order valence-corrected chi connectivity index (χ0v) is 17.8. The van der Waals surface area contributed by atoms with Gasteiger partial charge in [0.1, 0.15) is 5.75 Å². The van der Waals surface area contributed by atoms with E-state index >= 15 is 0 Å². The van der Waals surface area contributed by atoms with Crippen LogP contribution in [0.5, 0.6) is 5.75 Å². The van der Waals surface area contributed by atoms with Crippen molar-refractivity contribution < 1.29 is 14.6 Å². The van der Waals surface area contributed by atoms with Crippen molar-refractivity contribution in [3.05, 3.63) is 71.1 Å². The summed E-state index contributed by atoms with van der Waals surface area (Å²) in [5.41, 5.74) is 6.33. The third-order valence-electron chi connectivity index (χ3n) is 5.39. The fraction of sp³-hybridized carbons (Fsp3) is 0.200. The molecule has 0 fully saturated rings. The number of H-pyrrole nitrogens is 2. The van der Waals surface area contributed by atoms with E-state index in [4.69, 9.17) is 9.73 Å². The zero-order valence-electron chi connectivity index (χ0n) is 17.8. The monoisotopic (exact) mass is 415 g/mol. The van der Waals surface area contributed by atoms with Crippen molar-refractivity contribution in [3.63, 3.8) is 0 Å². The minimum atomic E-state index is -0.933. The third kappa shape index (κ3) is 3.72. The van der Waals surface area contributed by atoms with Gasteiger partial charge in [0, 0.05) is 40.6 Å². The minimum Gasteiger partial charge on any atom is -0.497 e. The molecule has 0 atom stereocenters. The fourth-order valence-corrected chi connectivity index (χ4v) is 3.93. The van der Waals surface area contributed by atoms with E-state index in [0.29, 0.717) is 0 Å². The van der Waals surface area contributed by atoms with E-state index in [2.05, 4.69) is 16.0 Å². The molecule has 5 rings (SSSR count). The van der Waals surface area contributed by atoms with Crippen LogP contribution in [0.3, 0.4) is 0 Å². The Bertz CT molecular complexity index is 1320. The second-order valence-corrected chi connectivity index (χ2v) is 7.05. The fourth-order valence-electron chi connectivity index (χ4n) is 3.93. The highest BCUT2D eigenvalue weighted by molar-refractivity contribution is 6.14. The van der Waals surface area contributed by atoms with Gasteiger partial charge in [-0.25, -0.2) is 4.79 Å². The molecule has 3 heterocycles. The van der Waals surface area contributed by atoms with E-state index in [1.165, 1.54) is 10.9 Å². The van der Waals surface area contributed by atoms with Crippen molar-refractivity contribution in [1.82, 2.24) is 9.97 Å². The van der Waals surface area contributed by atoms with Crippen LogP contribution in [0.15, 0.2) is 53.7 Å². The van der Waals surface area contributed by atoms with Crippen LogP contribution in [-0.2, 0) is 6.42 Å². The maximum absolute atomic E-state index is 11.3. The lowest BCUT2D eigenvalue weighted by Gasteiger charge is -2.10. The summed E-state index contributed by atoms with van der Waals surface area (Å²) in [7, 11) is 1.66. The maximum atomic E-state index is 11.3. The van der Waals surface area contributed by atoms with Gasteiger partial charge in [0.05, 0.1) is 24.1 Å². The number of nitrogens with one attached hydrogen (secondary N) is 2. The molecular formula is C25H25N3O3. The van der Waals surface area contributed by atoms with Crippen LogP contribution in [0.4, 0.5) is 0 Å². The Balaban J connectivity index is 0.00000112. The van der Waals surface area contributed by atoms with Gasteiger partial charge in [0.25, 0.3) is 0 Å². The number of fused-ring (bicyclic) bond motifs is 4. The van der Waals surface area contributed by atoms with Gasteiger partial charge in [-0.3, -0.25) is 4.99 Å². The van der Waals surface area contributed by atoms with Gasteiger partial charge in [0.15, 0.2) is 0 Å². The lowest BCUT2D eigenvalue weighted by molar-refractivity contribution is 0.0697. The van der Waals surface area contributed by atoms with E-state index in [1.54, 1.807) is 25.3 Å². The number of methoxy groups -OCH3 is 1. The first-order valence-electron chi connectivity index (χ1n) is 10.4. The van der Waals surface area contributed by atoms with Crippen molar-refractivity contribution in [3.8, 4) is 5.75 Å². The number of benzene rings is 2. The molecule has 158 valence electrons. The largest absolute Gasteiger partial charge is 0.497 e. The lowest BCUT2D eigenvalue weighted by Crippen LogP contribution is -2.09. The molecule has 31 heavy (non-hydrogen) atoms. The molecule has 3 N–H and O–H groups in total. The predicted molar refractivity (Wildman–Crippen MR) is 126 cm³/mol. The Labute approximate surface area is 180 Å². The zero-order chi connectivity index (χ0) is 22.0. The molecule has 2 aromatic heterocycles. The first-order valence-corrected chi connectivity index (χ1v) is 10.4. The van der Waals surface area contributed by atoms with Crippen LogP contribution in [-0.4, -0.2) is 40.4 Å². The number of carboxylic acids is 1. The standard InChI is InChI=1S/C23H19N3O3.C2H6/c1-29-15-4-5-16-17-8-9-24-20(22(17)26-21(16)11-15)7-3-14-12-25-19-6-2-13(23(27)28)10-18(14)19;1-2/h2-7,10-12,25-26H,8-9H2,1H3,(H,27,28);1-2H3/b7-3+;. The van der Waals surface area contributed by atoms with Crippen LogP contribution in [0.1, 0.15) is 41.0 Å². The summed E-state index contributed by atoms with van der Waals surface area (Å²) in [4.78, 5) is 22.7. The molecule has 0 spiro atoms. The normalized spacial score (nSPS) is 13.1. The van der Waals surface area contributed by atoms with E-state index in [1.807, 2.05) is 44.3 Å². The van der Waals surface area contributed by atoms with Crippen molar-refractivity contribution >= 4 is 39.6 Å². The van der Waals surface area contributed by atoms with E-state index in [9.17, 15) is 9.90 Å². The van der Waals surface area contributed by atoms with Crippen LogP contribution in [0, 0.1) is 0 Å². The highest BCUT2D eigenvalue weighted by atomic mass is 16.5. The number of aromatic nitrogens is 2. The molecule has 6 heteroatoms. The second kappa shape index (κ2) is 8.52. The van der Waals surface area contributed by atoms with Crippen molar-refractivity contribution in [2.45, 2.75) is 20.3 Å². The number of hydrogen-bond acceptors (Lipinski definition) is 3. The van der Waals surface area contributed by atoms with E-state index < -0.39 is 5.97 Å². The van der Waals surface area contributed by atoms with Gasteiger partial charge in [0.2, 0.25) is 0 Å². The van der Waals surface area contributed by atoms with Gasteiger partial charge < -0.3 is 19.8 Å². The summed E-state index contributed by atoms with van der Waals surface area (Å²) in [6.07, 6.45) is 6.74. The average Bonchev–Trinajstić information content (AvgIpc) is 3.39. The average molecular weight is 415 g/mol. The molecule has 0 radical (unpaired) electrons. The summed E-state index contributed by atoms with van der Waals surface area (Å²) in [6.45, 7) is 4.74. The van der Waals surface area contributed by atoms with Gasteiger partial charge in [-0.1, -0.05) is 19.9 Å². The number of carboxylic acid groups (broad SMARTS) is 1. The van der Waals surface area contributed by atoms with Gasteiger partial charge in [-0.05, 0) is 54.0 Å². The van der Waals surface area contributed by atoms with Crippen LogP contribution in [0.25, 0.3) is 27.9 Å². The van der Waals surface area contributed by atoms with Crippen LogP contribution in [0.2, 0.25) is 0 Å². The summed E-state index contributed by atoms with van der Waals surface area (Å²) >= 11 is 0.